The average Bonchev–Trinajstić information content (AvgIpc) is 3.92. The van der Waals surface area contributed by atoms with Crippen LogP contribution in [0.15, 0.2) is 89.0 Å². The molecule has 6 aliphatic rings. The van der Waals surface area contributed by atoms with E-state index in [4.69, 9.17) is 22.9 Å². The van der Waals surface area contributed by atoms with Crippen LogP contribution in [0.1, 0.15) is 39.0 Å². The van der Waals surface area contributed by atoms with Gasteiger partial charge in [0.15, 0.2) is 0 Å². The molecule has 28 heteroatoms. The number of nitrogens with one attached hydrogen (secondary N) is 5. The van der Waals surface area contributed by atoms with Gasteiger partial charge in [-0.3, -0.25) is 34.7 Å². The van der Waals surface area contributed by atoms with Gasteiger partial charge in [0.1, 0.15) is 11.3 Å². The van der Waals surface area contributed by atoms with Gasteiger partial charge >= 0.3 is 63.2 Å². The molecule has 7 atom stereocenters. The van der Waals surface area contributed by atoms with Gasteiger partial charge in [-0.1, -0.05) is 55.4 Å². The van der Waals surface area contributed by atoms with Gasteiger partial charge in [-0.15, -0.1) is 0 Å². The summed E-state index contributed by atoms with van der Waals surface area (Å²) in [6.45, 7) is 2.90. The maximum Gasteiger partial charge on any atom is 2.00 e. The van der Waals surface area contributed by atoms with E-state index in [-0.39, 0.29) is 75.5 Å². The standard InChI is InChI=1S/3C5H7N2OP.C5H6NO2P.C5H8NP.C4H8N3OP.2H2N.3W/c3*6-5(8)3-1-4(9)7-2-3;7-3-8-4-1-5(9)6-2-4;1-4-2-5(7)6-3-4;5-3(8)2-1-6-4(9)7-2;;;;;/h3*2H,1,9H2,(H2,6,8);2-3H,1,9H2;3H,2,7H2,1H3;2H,1,9H2,(H3,5,6,7,8);2*1H2;;;/q;;;;;;2*-1;3*+2/p-4. The minimum Gasteiger partial charge on any atom is -0.693 e. The van der Waals surface area contributed by atoms with Crippen molar-refractivity contribution < 1.29 is 91.9 Å². The van der Waals surface area contributed by atoms with Crippen LogP contribution in [0, 0.1) is 0 Å². The van der Waals surface area contributed by atoms with E-state index in [2.05, 4.69) is 102 Å². The largest absolute Gasteiger partial charge is 2.00 e. The Labute approximate surface area is 388 Å². The molecule has 0 aliphatic carbocycles. The van der Waals surface area contributed by atoms with Gasteiger partial charge in [0.05, 0.1) is 42.4 Å². The molecule has 6 aliphatic heterocycles. The van der Waals surface area contributed by atoms with Crippen molar-refractivity contribution in [2.24, 2.45) is 30.0 Å². The van der Waals surface area contributed by atoms with Crippen molar-refractivity contribution in [3.05, 3.63) is 94.3 Å². The van der Waals surface area contributed by atoms with Gasteiger partial charge in [0.25, 0.3) is 6.47 Å². The molecule has 0 radical (unpaired) electrons. The van der Waals surface area contributed by atoms with E-state index in [1.54, 1.807) is 0 Å². The number of rotatable bonds is 6. The molecule has 0 bridgehead atoms. The molecule has 19 nitrogen and oxygen atoms in total. The van der Waals surface area contributed by atoms with E-state index in [0.29, 0.717) is 66.8 Å². The molecule has 0 saturated heterocycles. The Hall–Kier alpha value is -1.57. The molecule has 4 amide bonds. The minimum atomic E-state index is -0.629. The SMILES string of the molecule is CC1=CN=C(P)C1.O=COC1=CN=C(P)C1.[NH-]C(=O)C1=CN=C(P)C1.[NH-]C(=O)C1=CN=C(P)C1.[NH-]C(=O)C1=CN=C(P)C1.[NH-]C(=O)C1CN=C(P)N1.[NH2-].[NH2-].[W+2].[W+2].[W+2]. The summed E-state index contributed by atoms with van der Waals surface area (Å²) in [6, 6.07) is -0.405. The van der Waals surface area contributed by atoms with Crippen molar-refractivity contribution in [2.45, 2.75) is 45.1 Å². The number of nitrogens with two attached hydrogens (primary N) is 2. The molecule has 0 aromatic heterocycles. The normalized spacial score (nSPS) is 17.0. The average molecular weight is 1410 g/mol. The summed E-state index contributed by atoms with van der Waals surface area (Å²) in [5, 5.41) is 2.73. The second-order valence-corrected chi connectivity index (χ2v) is 14.4. The first-order valence-corrected chi connectivity index (χ1v) is 18.1. The van der Waals surface area contributed by atoms with E-state index in [0.717, 1.165) is 33.7 Å². The van der Waals surface area contributed by atoms with E-state index in [1.165, 1.54) is 30.4 Å². The van der Waals surface area contributed by atoms with Gasteiger partial charge < -0.3 is 64.5 Å². The van der Waals surface area contributed by atoms with Crippen LogP contribution in [0.5, 0.6) is 0 Å². The summed E-state index contributed by atoms with van der Waals surface area (Å²) in [5.74, 6) is -1.88. The van der Waals surface area contributed by atoms with Crippen LogP contribution in [-0.2, 0) is 91.9 Å². The van der Waals surface area contributed by atoms with E-state index < -0.39 is 29.7 Å². The number of ether oxygens (including phenoxy) is 1. The van der Waals surface area contributed by atoms with Crippen molar-refractivity contribution in [1.29, 1.82) is 0 Å². The summed E-state index contributed by atoms with van der Waals surface area (Å²) < 4.78 is 4.53. The molecular formula is C29H43N13O6P6W3. The van der Waals surface area contributed by atoms with Crippen molar-refractivity contribution in [3.8, 4) is 0 Å². The number of carbonyl (C=O) groups excluding carboxylic acids is 5. The monoisotopic (exact) mass is 1410 g/mol. The molecule has 0 fully saturated rings. The molecule has 0 aromatic carbocycles. The van der Waals surface area contributed by atoms with Crippen LogP contribution < -0.4 is 5.32 Å². The molecule has 0 aromatic rings. The molecule has 0 spiro atoms. The summed E-state index contributed by atoms with van der Waals surface area (Å²) >= 11 is 0. The number of nitrogens with zero attached hydrogens (tertiary/aromatic N) is 6. The first kappa shape index (κ1) is 64.6. The fourth-order valence-electron chi connectivity index (χ4n) is 3.50. The first-order chi connectivity index (χ1) is 24.4. The first-order valence-electron chi connectivity index (χ1n) is 14.6. The maximum absolute atomic E-state index is 10.3. The predicted octanol–water partition coefficient (Wildman–Crippen LogP) is 6.82. The van der Waals surface area contributed by atoms with Gasteiger partial charge in [0.2, 0.25) is 0 Å². The Bertz CT molecular complexity index is 1660. The topological polar surface area (TPSA) is 343 Å². The molecule has 6 heterocycles. The van der Waals surface area contributed by atoms with Crippen LogP contribution in [0.3, 0.4) is 0 Å². The summed E-state index contributed by atoms with van der Waals surface area (Å²) in [5.41, 5.74) is 34.7. The Kier molecular flexibility index (Phi) is 39.9. The summed E-state index contributed by atoms with van der Waals surface area (Å²) in [7, 11) is 14.6. The quantitative estimate of drug-likeness (QED) is 0.218. The molecule has 0 saturated carbocycles. The number of carbonyl (C=O) groups is 5. The van der Waals surface area contributed by atoms with Gasteiger partial charge in [-0.05, 0) is 12.5 Å². The second-order valence-electron chi connectivity index (χ2n) is 10.5. The van der Waals surface area contributed by atoms with Crippen LogP contribution in [-0.4, -0.2) is 75.5 Å². The van der Waals surface area contributed by atoms with Crippen LogP contribution in [0.2, 0.25) is 0 Å². The van der Waals surface area contributed by atoms with Crippen molar-refractivity contribution in [1.82, 2.24) is 5.32 Å². The maximum atomic E-state index is 10.3. The third kappa shape index (κ3) is 29.3. The molecule has 7 unspecified atom stereocenters. The predicted molar refractivity (Wildman–Crippen MR) is 239 cm³/mol. The smallest absolute Gasteiger partial charge is 0.693 e. The number of allylic oxidation sites excluding steroid dienone is 2. The molecule has 6 rings (SSSR count). The number of aliphatic imine (C=N–C) groups is 6. The zero-order chi connectivity index (χ0) is 39.4. The fourth-order valence-corrected chi connectivity index (χ4v) is 5.36. The second kappa shape index (κ2) is 35.2. The van der Waals surface area contributed by atoms with Crippen LogP contribution >= 0.6 is 55.4 Å². The van der Waals surface area contributed by atoms with Crippen molar-refractivity contribution >= 4 is 118 Å². The molecule has 308 valence electrons. The minimum absolute atomic E-state index is 0. The van der Waals surface area contributed by atoms with Crippen molar-refractivity contribution in [2.75, 3.05) is 6.54 Å². The molecular weight excluding hydrogens is 1360 g/mol. The number of amides is 4. The van der Waals surface area contributed by atoms with Gasteiger partial charge in [-0.2, -0.15) is 0 Å². The van der Waals surface area contributed by atoms with Gasteiger partial charge in [0, 0.05) is 101 Å². The van der Waals surface area contributed by atoms with Gasteiger partial charge in [-0.25, -0.2) is 0 Å². The zero-order valence-corrected chi connectivity index (χ0v) is 46.0. The Balaban J connectivity index is -0.000000187. The fraction of sp³-hybridized carbons (Fsp3) is 0.276. The molecule has 57 heavy (non-hydrogen) atoms. The number of hydrogen-bond donors (Lipinski definition) is 1. The van der Waals surface area contributed by atoms with Crippen molar-refractivity contribution in [3.63, 3.8) is 0 Å². The zero-order valence-electron chi connectivity index (χ0n) is 30.3. The summed E-state index contributed by atoms with van der Waals surface area (Å²) in [4.78, 5) is 74.2. The third-order valence-electron chi connectivity index (χ3n) is 6.07. The Morgan fingerprint density at radius 3 is 1.14 bits per heavy atom. The van der Waals surface area contributed by atoms with Crippen LogP contribution in [0.25, 0.3) is 35.2 Å². The number of hydrogen-bond acceptors (Lipinski definition) is 13. The van der Waals surface area contributed by atoms with Crippen LogP contribution in [0.4, 0.5) is 0 Å². The van der Waals surface area contributed by atoms with E-state index in [9.17, 15) is 24.0 Å². The third-order valence-corrected chi connectivity index (χ3v) is 8.19. The number of amidine groups is 1. The Morgan fingerprint density at radius 1 is 0.632 bits per heavy atom. The van der Waals surface area contributed by atoms with E-state index >= 15 is 0 Å². The molecule has 9 N–H and O–H groups in total. The summed E-state index contributed by atoms with van der Waals surface area (Å²) in [6.07, 6.45) is 11.0. The van der Waals surface area contributed by atoms with E-state index in [1.807, 2.05) is 6.20 Å². The Morgan fingerprint density at radius 2 is 0.982 bits per heavy atom.